The Labute approximate surface area is 152 Å². The number of amides is 1. The van der Waals surface area contributed by atoms with Crippen molar-refractivity contribution in [2.24, 2.45) is 0 Å². The molecule has 0 fully saturated rings. The van der Waals surface area contributed by atoms with Crippen LogP contribution in [0.5, 0.6) is 0 Å². The van der Waals surface area contributed by atoms with Gasteiger partial charge in [-0.2, -0.15) is 0 Å². The first-order valence-electron chi connectivity index (χ1n) is 7.90. The van der Waals surface area contributed by atoms with Crippen molar-refractivity contribution in [1.82, 2.24) is 9.71 Å². The van der Waals surface area contributed by atoms with E-state index in [2.05, 4.69) is 15.0 Å². The average molecular weight is 367 g/mol. The molecule has 0 saturated heterocycles. The minimum Gasteiger partial charge on any atom is -0.381 e. The SMILES string of the molecule is O=C(NS(=O)(=O)c1ccccc1)c1cccc(NCc2cccnc2)c1. The number of hydrogen-bond acceptors (Lipinski definition) is 5. The van der Waals surface area contributed by atoms with Gasteiger partial charge < -0.3 is 5.32 Å². The second-order valence-corrected chi connectivity index (χ2v) is 7.23. The van der Waals surface area contributed by atoms with E-state index in [-0.39, 0.29) is 10.5 Å². The molecule has 0 aliphatic carbocycles. The van der Waals surface area contributed by atoms with E-state index in [1.54, 1.807) is 54.9 Å². The highest BCUT2D eigenvalue weighted by atomic mass is 32.2. The number of hydrogen-bond donors (Lipinski definition) is 2. The zero-order valence-electron chi connectivity index (χ0n) is 13.8. The monoisotopic (exact) mass is 367 g/mol. The minimum absolute atomic E-state index is 0.0409. The van der Waals surface area contributed by atoms with Crippen LogP contribution in [0, 0.1) is 0 Å². The Morgan fingerprint density at radius 2 is 1.77 bits per heavy atom. The molecule has 3 rings (SSSR count). The summed E-state index contributed by atoms with van der Waals surface area (Å²) in [5.74, 6) is -0.682. The van der Waals surface area contributed by atoms with Crippen LogP contribution in [0.3, 0.4) is 0 Å². The molecule has 0 radical (unpaired) electrons. The van der Waals surface area contributed by atoms with E-state index in [1.165, 1.54) is 12.1 Å². The van der Waals surface area contributed by atoms with Crippen LogP contribution in [0.1, 0.15) is 15.9 Å². The summed E-state index contributed by atoms with van der Waals surface area (Å²) in [5.41, 5.74) is 1.95. The number of carbonyl (C=O) groups excluding carboxylic acids is 1. The van der Waals surface area contributed by atoms with Gasteiger partial charge in [0, 0.05) is 30.2 Å². The normalized spacial score (nSPS) is 10.9. The lowest BCUT2D eigenvalue weighted by molar-refractivity contribution is 0.0981. The third-order valence-corrected chi connectivity index (χ3v) is 4.97. The predicted molar refractivity (Wildman–Crippen MR) is 99.1 cm³/mol. The average Bonchev–Trinajstić information content (AvgIpc) is 2.68. The Bertz CT molecular complexity index is 991. The lowest BCUT2D eigenvalue weighted by atomic mass is 10.2. The van der Waals surface area contributed by atoms with Crippen LogP contribution in [0.2, 0.25) is 0 Å². The highest BCUT2D eigenvalue weighted by molar-refractivity contribution is 7.90. The molecule has 3 aromatic rings. The Morgan fingerprint density at radius 1 is 0.962 bits per heavy atom. The molecular weight excluding hydrogens is 350 g/mol. The summed E-state index contributed by atoms with van der Waals surface area (Å²) < 4.78 is 26.6. The summed E-state index contributed by atoms with van der Waals surface area (Å²) in [6, 6.07) is 18.2. The Balaban J connectivity index is 1.70. The molecule has 0 unspecified atom stereocenters. The molecule has 0 saturated carbocycles. The number of benzene rings is 2. The van der Waals surface area contributed by atoms with Crippen molar-refractivity contribution in [3.05, 3.63) is 90.3 Å². The molecule has 1 aromatic heterocycles. The standard InChI is InChI=1S/C19H17N3O3S/c23-19(22-26(24,25)18-9-2-1-3-10-18)16-7-4-8-17(12-16)21-14-15-6-5-11-20-13-15/h1-13,21H,14H2,(H,22,23). The Kier molecular flexibility index (Phi) is 5.28. The molecular formula is C19H17N3O3S. The van der Waals surface area contributed by atoms with E-state index in [4.69, 9.17) is 0 Å². The van der Waals surface area contributed by atoms with Gasteiger partial charge in [-0.1, -0.05) is 30.3 Å². The van der Waals surface area contributed by atoms with E-state index >= 15 is 0 Å². The van der Waals surface area contributed by atoms with Crippen molar-refractivity contribution < 1.29 is 13.2 Å². The summed E-state index contributed by atoms with van der Waals surface area (Å²) in [4.78, 5) is 16.4. The molecule has 0 spiro atoms. The first-order chi connectivity index (χ1) is 12.5. The van der Waals surface area contributed by atoms with Gasteiger partial charge in [-0.05, 0) is 42.0 Å². The Hall–Kier alpha value is -3.19. The van der Waals surface area contributed by atoms with Gasteiger partial charge in [0.05, 0.1) is 4.90 Å². The van der Waals surface area contributed by atoms with Crippen LogP contribution in [0.4, 0.5) is 5.69 Å². The van der Waals surface area contributed by atoms with Crippen LogP contribution >= 0.6 is 0 Å². The maximum absolute atomic E-state index is 12.3. The molecule has 2 N–H and O–H groups in total. The topological polar surface area (TPSA) is 88.2 Å². The van der Waals surface area contributed by atoms with Gasteiger partial charge in [0.1, 0.15) is 0 Å². The molecule has 26 heavy (non-hydrogen) atoms. The van der Waals surface area contributed by atoms with Crippen molar-refractivity contribution in [2.75, 3.05) is 5.32 Å². The van der Waals surface area contributed by atoms with Crippen molar-refractivity contribution in [3.8, 4) is 0 Å². The maximum Gasteiger partial charge on any atom is 0.265 e. The number of nitrogens with one attached hydrogen (secondary N) is 2. The van der Waals surface area contributed by atoms with Gasteiger partial charge in [-0.3, -0.25) is 9.78 Å². The summed E-state index contributed by atoms with van der Waals surface area (Å²) in [7, 11) is -3.90. The predicted octanol–water partition coefficient (Wildman–Crippen LogP) is 2.81. The minimum atomic E-state index is -3.90. The van der Waals surface area contributed by atoms with E-state index in [0.29, 0.717) is 12.2 Å². The number of aromatic nitrogens is 1. The summed E-state index contributed by atoms with van der Waals surface area (Å²) in [6.07, 6.45) is 3.44. The fraction of sp³-hybridized carbons (Fsp3) is 0.0526. The lowest BCUT2D eigenvalue weighted by Crippen LogP contribution is -2.30. The molecule has 1 amide bonds. The molecule has 6 nitrogen and oxygen atoms in total. The van der Waals surface area contributed by atoms with Crippen LogP contribution in [-0.2, 0) is 16.6 Å². The van der Waals surface area contributed by atoms with E-state index in [0.717, 1.165) is 5.56 Å². The van der Waals surface area contributed by atoms with E-state index in [1.807, 2.05) is 12.1 Å². The van der Waals surface area contributed by atoms with Gasteiger partial charge in [0.25, 0.3) is 15.9 Å². The van der Waals surface area contributed by atoms with Crippen LogP contribution in [0.25, 0.3) is 0 Å². The second-order valence-electron chi connectivity index (χ2n) is 5.54. The van der Waals surface area contributed by atoms with Gasteiger partial charge in [0.2, 0.25) is 0 Å². The molecule has 2 aromatic carbocycles. The quantitative estimate of drug-likeness (QED) is 0.699. The zero-order chi connectivity index (χ0) is 18.4. The van der Waals surface area contributed by atoms with Crippen LogP contribution in [-0.4, -0.2) is 19.3 Å². The molecule has 0 aliphatic heterocycles. The van der Waals surface area contributed by atoms with Crippen molar-refractivity contribution in [1.29, 1.82) is 0 Å². The number of rotatable bonds is 6. The fourth-order valence-electron chi connectivity index (χ4n) is 2.32. The number of anilines is 1. The van der Waals surface area contributed by atoms with Crippen LogP contribution in [0.15, 0.2) is 84.0 Å². The molecule has 0 atom stereocenters. The number of pyridine rings is 1. The Morgan fingerprint density at radius 3 is 2.50 bits per heavy atom. The first kappa shape index (κ1) is 17.6. The van der Waals surface area contributed by atoms with Gasteiger partial charge >= 0.3 is 0 Å². The highest BCUT2D eigenvalue weighted by Gasteiger charge is 2.18. The van der Waals surface area contributed by atoms with Gasteiger partial charge in [-0.15, -0.1) is 0 Å². The van der Waals surface area contributed by atoms with Crippen LogP contribution < -0.4 is 10.0 Å². The summed E-state index contributed by atoms with van der Waals surface area (Å²) in [5, 5.41) is 3.18. The van der Waals surface area contributed by atoms with Crippen molar-refractivity contribution in [3.63, 3.8) is 0 Å². The van der Waals surface area contributed by atoms with Crippen molar-refractivity contribution in [2.45, 2.75) is 11.4 Å². The fourth-order valence-corrected chi connectivity index (χ4v) is 3.31. The second kappa shape index (κ2) is 7.79. The smallest absolute Gasteiger partial charge is 0.265 e. The van der Waals surface area contributed by atoms with Crippen molar-refractivity contribution >= 4 is 21.6 Å². The first-order valence-corrected chi connectivity index (χ1v) is 9.38. The summed E-state index contributed by atoms with van der Waals surface area (Å²) >= 11 is 0. The van der Waals surface area contributed by atoms with Gasteiger partial charge in [-0.25, -0.2) is 13.1 Å². The lowest BCUT2D eigenvalue weighted by Gasteiger charge is -2.10. The zero-order valence-corrected chi connectivity index (χ0v) is 14.6. The number of nitrogens with zero attached hydrogens (tertiary/aromatic N) is 1. The number of sulfonamides is 1. The maximum atomic E-state index is 12.3. The molecule has 7 heteroatoms. The largest absolute Gasteiger partial charge is 0.381 e. The van der Waals surface area contributed by atoms with E-state index in [9.17, 15) is 13.2 Å². The molecule has 0 bridgehead atoms. The third-order valence-electron chi connectivity index (χ3n) is 3.62. The highest BCUT2D eigenvalue weighted by Crippen LogP contribution is 2.14. The van der Waals surface area contributed by atoms with E-state index < -0.39 is 15.9 Å². The molecule has 1 heterocycles. The molecule has 132 valence electrons. The summed E-state index contributed by atoms with van der Waals surface area (Å²) in [6.45, 7) is 0.543. The number of carbonyl (C=O) groups is 1. The third kappa shape index (κ3) is 4.46. The van der Waals surface area contributed by atoms with Gasteiger partial charge in [0.15, 0.2) is 0 Å². The molecule has 0 aliphatic rings.